The molecule has 0 bridgehead atoms. The standard InChI is InChI=1S/CH2O.CHO.Fe/c2*1-2;/h1H2;1H;. The Kier molecular flexibility index (Phi) is 75.6. The summed E-state index contributed by atoms with van der Waals surface area (Å²) in [5.74, 6) is 0. The molecule has 0 saturated carbocycles. The van der Waals surface area contributed by atoms with Crippen molar-refractivity contribution in [2.24, 2.45) is 0 Å². The summed E-state index contributed by atoms with van der Waals surface area (Å²) in [5, 5.41) is 0.500. The zero-order valence-corrected chi connectivity index (χ0v) is 3.56. The normalized spacial score (nSPS) is 3.40. The van der Waals surface area contributed by atoms with Gasteiger partial charge in [0, 0.05) is 0 Å². The minimum atomic E-state index is 0.500. The molecule has 0 aliphatic carbocycles. The Morgan fingerprint density at radius 1 is 1.60 bits per heavy atom. The summed E-state index contributed by atoms with van der Waals surface area (Å²) in [7, 11) is 0. The van der Waals surface area contributed by atoms with Crippen LogP contribution in [0.15, 0.2) is 0 Å². The third-order valence-corrected chi connectivity index (χ3v) is 0. The molecule has 0 atom stereocenters. The fourth-order valence-electron chi connectivity index (χ4n) is 0. The summed E-state index contributed by atoms with van der Waals surface area (Å²) in [5.41, 5.74) is 0. The van der Waals surface area contributed by atoms with Crippen LogP contribution >= 0.6 is 0 Å². The topological polar surface area (TPSA) is 34.1 Å². The van der Waals surface area contributed by atoms with Gasteiger partial charge in [-0.15, -0.1) is 0 Å². The van der Waals surface area contributed by atoms with Crippen molar-refractivity contribution in [3.63, 3.8) is 0 Å². The van der Waals surface area contributed by atoms with Gasteiger partial charge in [-0.05, 0) is 0 Å². The van der Waals surface area contributed by atoms with E-state index in [-0.39, 0.29) is 0 Å². The van der Waals surface area contributed by atoms with E-state index in [1.807, 2.05) is 6.79 Å². The molecular formula is C2H3FeO2. The number of carbonyl (C=O) groups is 2. The first-order chi connectivity index (χ1) is 2.41. The third kappa shape index (κ3) is 676. The van der Waals surface area contributed by atoms with Crippen LogP contribution < -0.4 is 0 Å². The molecule has 0 fully saturated rings. The van der Waals surface area contributed by atoms with Crippen molar-refractivity contribution in [3.05, 3.63) is 0 Å². The molecule has 5 heavy (non-hydrogen) atoms. The molecule has 0 amide bonds. The van der Waals surface area contributed by atoms with Crippen molar-refractivity contribution in [2.45, 2.75) is 0 Å². The van der Waals surface area contributed by atoms with Gasteiger partial charge in [-0.3, -0.25) is 0 Å². The van der Waals surface area contributed by atoms with Crippen LogP contribution in [-0.4, -0.2) is 12.0 Å². The van der Waals surface area contributed by atoms with Gasteiger partial charge in [0.1, 0.15) is 6.79 Å². The van der Waals surface area contributed by atoms with Gasteiger partial charge in [0.25, 0.3) is 0 Å². The van der Waals surface area contributed by atoms with Gasteiger partial charge in [0.2, 0.25) is 0 Å². The molecule has 0 saturated heterocycles. The SMILES string of the molecule is C=O.O=[CH][Fe]. The maximum atomic E-state index is 8.69. The zero-order chi connectivity index (χ0) is 4.71. The minimum absolute atomic E-state index is 0.500. The zero-order valence-electron chi connectivity index (χ0n) is 2.45. The second kappa shape index (κ2) is 42.7. The van der Waals surface area contributed by atoms with Gasteiger partial charge >= 0.3 is 26.0 Å². The van der Waals surface area contributed by atoms with Gasteiger partial charge < -0.3 is 4.79 Å². The van der Waals surface area contributed by atoms with Crippen LogP contribution in [0.2, 0.25) is 0 Å². The Morgan fingerprint density at radius 2 is 1.60 bits per heavy atom. The summed E-state index contributed by atoms with van der Waals surface area (Å²) < 4.78 is 0. The second-order valence-corrected chi connectivity index (χ2v) is 0.344. The number of rotatable bonds is 0. The number of hydrogen-bond donors (Lipinski definition) is 0. The molecular weight excluding hydrogens is 112 g/mol. The van der Waals surface area contributed by atoms with E-state index in [1.165, 1.54) is 0 Å². The molecule has 2 nitrogen and oxygen atoms in total. The average molecular weight is 115 g/mol. The van der Waals surface area contributed by atoms with E-state index in [2.05, 4.69) is 16.0 Å². The molecule has 0 N–H and O–H groups in total. The van der Waals surface area contributed by atoms with Crippen LogP contribution in [-0.2, 0) is 25.6 Å². The molecule has 0 aliphatic heterocycles. The van der Waals surface area contributed by atoms with Crippen LogP contribution in [0.3, 0.4) is 0 Å². The molecule has 0 aromatic heterocycles. The van der Waals surface area contributed by atoms with E-state index in [1.54, 1.807) is 0 Å². The van der Waals surface area contributed by atoms with Crippen LogP contribution in [0.4, 0.5) is 0 Å². The monoisotopic (exact) mass is 115 g/mol. The molecule has 0 radical (unpaired) electrons. The predicted octanol–water partition coefficient (Wildman–Crippen LogP) is -0.461. The van der Waals surface area contributed by atoms with Gasteiger partial charge in [0.05, 0.1) is 0 Å². The molecule has 31 valence electrons. The Labute approximate surface area is 38.4 Å². The van der Waals surface area contributed by atoms with E-state index < -0.39 is 0 Å². The van der Waals surface area contributed by atoms with Crippen molar-refractivity contribution in [1.29, 1.82) is 0 Å². The maximum absolute atomic E-state index is 8.69. The molecule has 0 heterocycles. The quantitative estimate of drug-likeness (QED) is 0.316. The molecule has 0 spiro atoms. The molecule has 0 aromatic carbocycles. The van der Waals surface area contributed by atoms with Crippen LogP contribution in [0.25, 0.3) is 0 Å². The molecule has 0 aliphatic rings. The Morgan fingerprint density at radius 3 is 1.60 bits per heavy atom. The van der Waals surface area contributed by atoms with Crippen molar-refractivity contribution < 1.29 is 25.6 Å². The van der Waals surface area contributed by atoms with Crippen LogP contribution in [0.5, 0.6) is 0 Å². The second-order valence-electron chi connectivity index (χ2n) is 0.0833. The number of hydrogen-bond acceptors (Lipinski definition) is 2. The van der Waals surface area contributed by atoms with E-state index in [0.29, 0.717) is 5.18 Å². The van der Waals surface area contributed by atoms with Gasteiger partial charge in [-0.1, -0.05) is 0 Å². The van der Waals surface area contributed by atoms with Crippen molar-refractivity contribution in [3.8, 4) is 0 Å². The van der Waals surface area contributed by atoms with E-state index in [9.17, 15) is 0 Å². The van der Waals surface area contributed by atoms with E-state index in [4.69, 9.17) is 9.59 Å². The fraction of sp³-hybridized carbons (Fsp3) is 0. The van der Waals surface area contributed by atoms with Gasteiger partial charge in [-0.25, -0.2) is 0 Å². The van der Waals surface area contributed by atoms with E-state index >= 15 is 0 Å². The van der Waals surface area contributed by atoms with Crippen LogP contribution in [0, 0.1) is 0 Å². The van der Waals surface area contributed by atoms with Crippen LogP contribution in [0.1, 0.15) is 0 Å². The fourth-order valence-corrected chi connectivity index (χ4v) is 0. The first kappa shape index (κ1) is 8.85. The third-order valence-electron chi connectivity index (χ3n) is 0. The molecule has 0 rings (SSSR count). The predicted molar refractivity (Wildman–Crippen MR) is 13.9 cm³/mol. The Balaban J connectivity index is 0. The van der Waals surface area contributed by atoms with Crippen molar-refractivity contribution in [1.82, 2.24) is 0 Å². The molecule has 0 unspecified atom stereocenters. The molecule has 0 aromatic rings. The Hall–Kier alpha value is -0.141. The van der Waals surface area contributed by atoms with E-state index in [0.717, 1.165) is 0 Å². The van der Waals surface area contributed by atoms with Crippen molar-refractivity contribution >= 4 is 12.0 Å². The van der Waals surface area contributed by atoms with Gasteiger partial charge in [0.15, 0.2) is 0 Å². The summed E-state index contributed by atoms with van der Waals surface area (Å²) >= 11 is 2.81. The number of carbonyl (C=O) groups excluding carboxylic acids is 2. The Bertz CT molecular complexity index is 21.6. The summed E-state index contributed by atoms with van der Waals surface area (Å²) in [6.07, 6.45) is 0. The summed E-state index contributed by atoms with van der Waals surface area (Å²) in [6, 6.07) is 0. The van der Waals surface area contributed by atoms with Gasteiger partial charge in [-0.2, -0.15) is 0 Å². The van der Waals surface area contributed by atoms with Crippen molar-refractivity contribution in [2.75, 3.05) is 0 Å². The first-order valence-electron chi connectivity index (χ1n) is 0.729. The molecule has 3 heteroatoms. The first-order valence-corrected chi connectivity index (χ1v) is 1.37. The average Bonchev–Trinajstić information content (AvgIpc) is 1.46. The summed E-state index contributed by atoms with van der Waals surface area (Å²) in [4.78, 5) is 16.7. The summed E-state index contributed by atoms with van der Waals surface area (Å²) in [6.45, 7) is 2.00.